The molecule has 6 heteroatoms. The molecule has 0 aliphatic carbocycles. The normalized spacial score (nSPS) is 12.7. The largest absolute Gasteiger partial charge is 0.460 e. The van der Waals surface area contributed by atoms with Crippen LogP contribution < -0.4 is 0 Å². The molecule has 1 N–H and O–H groups in total. The lowest BCUT2D eigenvalue weighted by molar-refractivity contribution is -0.142. The smallest absolute Gasteiger partial charge is 0.327 e. The minimum atomic E-state index is -4.42. The van der Waals surface area contributed by atoms with Crippen LogP contribution in [0.1, 0.15) is 103 Å². The highest BCUT2D eigenvalue weighted by Crippen LogP contribution is 2.16. The fourth-order valence-electron chi connectivity index (χ4n) is 3.15. The molecule has 0 saturated heterocycles. The molecule has 0 aromatic carbocycles. The monoisotopic (exact) mass is 404 g/mol. The Morgan fingerprint density at radius 1 is 0.889 bits per heavy atom. The van der Waals surface area contributed by atoms with Crippen LogP contribution in [0.5, 0.6) is 0 Å². The molecule has 0 amide bonds. The Kier molecular flexibility index (Phi) is 16.7. The Balaban J connectivity index is 3.63. The molecule has 27 heavy (non-hydrogen) atoms. The Bertz CT molecular complexity index is 473. The molecule has 0 aromatic heterocycles. The third-order valence-electron chi connectivity index (χ3n) is 4.79. The van der Waals surface area contributed by atoms with Crippen molar-refractivity contribution in [3.05, 3.63) is 12.7 Å². The zero-order chi connectivity index (χ0) is 20.4. The third kappa shape index (κ3) is 15.8. The Morgan fingerprint density at radius 2 is 1.30 bits per heavy atom. The average molecular weight is 405 g/mol. The van der Waals surface area contributed by atoms with Gasteiger partial charge in [0.1, 0.15) is 6.61 Å². The van der Waals surface area contributed by atoms with E-state index in [2.05, 4.69) is 13.5 Å². The predicted octanol–water partition coefficient (Wildman–Crippen LogP) is 5.84. The van der Waals surface area contributed by atoms with Gasteiger partial charge in [0.15, 0.2) is 5.25 Å². The molecule has 0 aliphatic heterocycles. The van der Waals surface area contributed by atoms with E-state index in [9.17, 15) is 17.8 Å². The summed E-state index contributed by atoms with van der Waals surface area (Å²) in [5.74, 6) is -0.896. The van der Waals surface area contributed by atoms with Crippen molar-refractivity contribution in [2.24, 2.45) is 0 Å². The van der Waals surface area contributed by atoms with Gasteiger partial charge in [0.05, 0.1) is 0 Å². The topological polar surface area (TPSA) is 80.7 Å². The highest BCUT2D eigenvalue weighted by Gasteiger charge is 2.31. The summed E-state index contributed by atoms with van der Waals surface area (Å²) in [6.07, 6.45) is 18.3. The molecule has 0 heterocycles. The zero-order valence-electron chi connectivity index (χ0n) is 17.2. The van der Waals surface area contributed by atoms with Crippen LogP contribution in [-0.4, -0.2) is 30.8 Å². The van der Waals surface area contributed by atoms with Gasteiger partial charge >= 0.3 is 5.97 Å². The fourth-order valence-corrected chi connectivity index (χ4v) is 3.92. The van der Waals surface area contributed by atoms with Gasteiger partial charge in [-0.05, 0) is 6.42 Å². The van der Waals surface area contributed by atoms with E-state index in [1.165, 1.54) is 70.3 Å². The van der Waals surface area contributed by atoms with Crippen molar-refractivity contribution in [1.29, 1.82) is 0 Å². The molecule has 160 valence electrons. The number of carbonyl (C=O) groups excluding carboxylic acids is 1. The molecule has 0 spiro atoms. The maximum Gasteiger partial charge on any atom is 0.327 e. The minimum absolute atomic E-state index is 0.0520. The second-order valence-corrected chi connectivity index (χ2v) is 8.91. The third-order valence-corrected chi connectivity index (χ3v) is 5.93. The summed E-state index contributed by atoms with van der Waals surface area (Å²) in [6.45, 7) is 5.60. The first-order valence-corrected chi connectivity index (χ1v) is 12.2. The minimum Gasteiger partial charge on any atom is -0.460 e. The van der Waals surface area contributed by atoms with Gasteiger partial charge in [-0.25, -0.2) is 0 Å². The molecular weight excluding hydrogens is 364 g/mol. The van der Waals surface area contributed by atoms with Gasteiger partial charge in [-0.3, -0.25) is 9.35 Å². The summed E-state index contributed by atoms with van der Waals surface area (Å²) in [4.78, 5) is 11.7. The molecule has 5 nitrogen and oxygen atoms in total. The van der Waals surface area contributed by atoms with Crippen molar-refractivity contribution in [3.63, 3.8) is 0 Å². The number of ether oxygens (including phenoxy) is 1. The van der Waals surface area contributed by atoms with Crippen molar-refractivity contribution < 1.29 is 22.5 Å². The van der Waals surface area contributed by atoms with Crippen LogP contribution in [0.3, 0.4) is 0 Å². The van der Waals surface area contributed by atoms with Crippen molar-refractivity contribution in [2.45, 2.75) is 108 Å². The van der Waals surface area contributed by atoms with E-state index in [0.29, 0.717) is 6.42 Å². The summed E-state index contributed by atoms with van der Waals surface area (Å²) in [5.41, 5.74) is 0. The highest BCUT2D eigenvalue weighted by molar-refractivity contribution is 7.87. The van der Waals surface area contributed by atoms with Crippen molar-refractivity contribution >= 4 is 16.1 Å². The number of esters is 1. The predicted molar refractivity (Wildman–Crippen MR) is 111 cm³/mol. The second-order valence-electron chi connectivity index (χ2n) is 7.31. The zero-order valence-corrected chi connectivity index (χ0v) is 18.0. The van der Waals surface area contributed by atoms with Crippen LogP contribution in [0.2, 0.25) is 0 Å². The van der Waals surface area contributed by atoms with Gasteiger partial charge in [-0.2, -0.15) is 8.42 Å². The maximum atomic E-state index is 11.7. The number of carbonyl (C=O) groups is 1. The summed E-state index contributed by atoms with van der Waals surface area (Å²) in [5, 5.41) is -1.48. The lowest BCUT2D eigenvalue weighted by Crippen LogP contribution is -2.31. The molecule has 0 radical (unpaired) electrons. The van der Waals surface area contributed by atoms with Crippen LogP contribution in [0.15, 0.2) is 12.7 Å². The molecule has 1 atom stereocenters. The standard InChI is InChI=1S/C21H40O5S/c1-3-5-6-7-8-9-10-11-12-13-14-15-16-17-18-20(27(23,24)25)21(22)26-19-4-2/h4,20H,2-3,5-19H2,1H3,(H,23,24,25). The molecule has 0 aromatic rings. The Hall–Kier alpha value is -0.880. The van der Waals surface area contributed by atoms with E-state index in [0.717, 1.165) is 19.3 Å². The van der Waals surface area contributed by atoms with Crippen molar-refractivity contribution in [3.8, 4) is 0 Å². The van der Waals surface area contributed by atoms with E-state index in [1.807, 2.05) is 0 Å². The number of rotatable bonds is 19. The lowest BCUT2D eigenvalue weighted by Gasteiger charge is -2.12. The van der Waals surface area contributed by atoms with Crippen LogP contribution in [0, 0.1) is 0 Å². The summed E-state index contributed by atoms with van der Waals surface area (Å²) in [6, 6.07) is 0. The Morgan fingerprint density at radius 3 is 1.67 bits per heavy atom. The van der Waals surface area contributed by atoms with Gasteiger partial charge in [0.2, 0.25) is 0 Å². The molecule has 0 fully saturated rings. The van der Waals surface area contributed by atoms with E-state index in [4.69, 9.17) is 4.74 Å². The first-order chi connectivity index (χ1) is 12.9. The van der Waals surface area contributed by atoms with Gasteiger partial charge in [0, 0.05) is 0 Å². The fraction of sp³-hybridized carbons (Fsp3) is 0.857. The molecule has 1 unspecified atom stereocenters. The van der Waals surface area contributed by atoms with Crippen LogP contribution in [0.25, 0.3) is 0 Å². The molecule has 0 aliphatic rings. The number of unbranched alkanes of at least 4 members (excludes halogenated alkanes) is 13. The van der Waals surface area contributed by atoms with E-state index >= 15 is 0 Å². The van der Waals surface area contributed by atoms with Crippen LogP contribution >= 0.6 is 0 Å². The van der Waals surface area contributed by atoms with Gasteiger partial charge in [-0.15, -0.1) is 0 Å². The lowest BCUT2D eigenvalue weighted by atomic mass is 10.0. The molecule has 0 bridgehead atoms. The van der Waals surface area contributed by atoms with Gasteiger partial charge in [-0.1, -0.05) is 109 Å². The van der Waals surface area contributed by atoms with Gasteiger partial charge in [0.25, 0.3) is 10.1 Å². The highest BCUT2D eigenvalue weighted by atomic mass is 32.2. The SMILES string of the molecule is C=CCOC(=O)C(CCCCCCCCCCCCCCCC)S(=O)(=O)O. The summed E-state index contributed by atoms with van der Waals surface area (Å²) < 4.78 is 36.6. The van der Waals surface area contributed by atoms with Crippen molar-refractivity contribution in [1.82, 2.24) is 0 Å². The maximum absolute atomic E-state index is 11.7. The molecule has 0 saturated carbocycles. The number of hydrogen-bond donors (Lipinski definition) is 1. The van der Waals surface area contributed by atoms with Gasteiger partial charge < -0.3 is 4.74 Å². The second kappa shape index (κ2) is 17.2. The molecule has 0 rings (SSSR count). The van der Waals surface area contributed by atoms with Crippen molar-refractivity contribution in [2.75, 3.05) is 6.61 Å². The Labute approximate surface area is 166 Å². The molecular formula is C21H40O5S. The van der Waals surface area contributed by atoms with E-state index in [-0.39, 0.29) is 13.0 Å². The average Bonchev–Trinajstić information content (AvgIpc) is 2.62. The van der Waals surface area contributed by atoms with Crippen LogP contribution in [0.4, 0.5) is 0 Å². The first kappa shape index (κ1) is 26.1. The van der Waals surface area contributed by atoms with Crippen LogP contribution in [-0.2, 0) is 19.6 Å². The summed E-state index contributed by atoms with van der Waals surface area (Å²) in [7, 11) is -4.42. The number of hydrogen-bond acceptors (Lipinski definition) is 4. The first-order valence-electron chi connectivity index (χ1n) is 10.7. The quantitative estimate of drug-likeness (QED) is 0.126. The summed E-state index contributed by atoms with van der Waals surface area (Å²) >= 11 is 0. The van der Waals surface area contributed by atoms with E-state index in [1.54, 1.807) is 0 Å². The van der Waals surface area contributed by atoms with E-state index < -0.39 is 21.3 Å².